The first-order valence-corrected chi connectivity index (χ1v) is 10.5. The van der Waals surface area contributed by atoms with E-state index in [0.29, 0.717) is 13.2 Å². The Bertz CT molecular complexity index is 694. The molecule has 140 valence electrons. The summed E-state index contributed by atoms with van der Waals surface area (Å²) in [7, 11) is 1.27. The maximum absolute atomic E-state index is 12.2. The second-order valence-corrected chi connectivity index (χ2v) is 9.28. The summed E-state index contributed by atoms with van der Waals surface area (Å²) in [4.78, 5) is 13.1. The monoisotopic (exact) mass is 388 g/mol. The second kappa shape index (κ2) is 8.88. The fraction of sp³-hybridized carbons (Fsp3) is 0.562. The molecular weight excluding hydrogens is 364 g/mol. The SMILES string of the molecule is COc1cccc(SCC(=O)N[C@H]2COC[C@H]2CS(=O)(=O)N(C)C)c1. The molecular formula is C16H24N2O5S2. The number of benzene rings is 1. The molecule has 1 aliphatic heterocycles. The Balaban J connectivity index is 1.86. The summed E-state index contributed by atoms with van der Waals surface area (Å²) >= 11 is 1.40. The van der Waals surface area contributed by atoms with Crippen molar-refractivity contribution in [2.75, 3.05) is 45.9 Å². The van der Waals surface area contributed by atoms with Crippen molar-refractivity contribution in [3.8, 4) is 5.75 Å². The van der Waals surface area contributed by atoms with Gasteiger partial charge in [-0.2, -0.15) is 0 Å². The Morgan fingerprint density at radius 2 is 2.16 bits per heavy atom. The lowest BCUT2D eigenvalue weighted by atomic mass is 10.1. The summed E-state index contributed by atoms with van der Waals surface area (Å²) in [5, 5.41) is 2.89. The van der Waals surface area contributed by atoms with E-state index in [2.05, 4.69) is 5.32 Å². The molecule has 1 aromatic carbocycles. The van der Waals surface area contributed by atoms with E-state index in [1.807, 2.05) is 24.3 Å². The Morgan fingerprint density at radius 1 is 1.40 bits per heavy atom. The lowest BCUT2D eigenvalue weighted by molar-refractivity contribution is -0.119. The molecule has 2 rings (SSSR count). The average Bonchev–Trinajstić information content (AvgIpc) is 2.99. The number of sulfonamides is 1. The van der Waals surface area contributed by atoms with Crippen LogP contribution in [-0.2, 0) is 19.6 Å². The van der Waals surface area contributed by atoms with Gasteiger partial charge in [0, 0.05) is 24.9 Å². The molecule has 1 fully saturated rings. The minimum Gasteiger partial charge on any atom is -0.497 e. The molecule has 2 atom stereocenters. The molecule has 0 radical (unpaired) electrons. The zero-order valence-electron chi connectivity index (χ0n) is 14.6. The van der Waals surface area contributed by atoms with Gasteiger partial charge in [-0.3, -0.25) is 4.79 Å². The number of nitrogens with one attached hydrogen (secondary N) is 1. The van der Waals surface area contributed by atoms with Gasteiger partial charge >= 0.3 is 0 Å². The van der Waals surface area contributed by atoms with E-state index in [9.17, 15) is 13.2 Å². The largest absolute Gasteiger partial charge is 0.497 e. The van der Waals surface area contributed by atoms with Crippen LogP contribution in [0.3, 0.4) is 0 Å². The van der Waals surface area contributed by atoms with Crippen molar-refractivity contribution < 1.29 is 22.7 Å². The third-order valence-electron chi connectivity index (χ3n) is 3.94. The normalized spacial score (nSPS) is 20.6. The van der Waals surface area contributed by atoms with Crippen molar-refractivity contribution in [3.63, 3.8) is 0 Å². The van der Waals surface area contributed by atoms with Crippen LogP contribution < -0.4 is 10.1 Å². The predicted molar refractivity (Wildman–Crippen MR) is 97.4 cm³/mol. The lowest BCUT2D eigenvalue weighted by Gasteiger charge is -2.21. The van der Waals surface area contributed by atoms with Crippen molar-refractivity contribution in [1.29, 1.82) is 0 Å². The smallest absolute Gasteiger partial charge is 0.230 e. The van der Waals surface area contributed by atoms with Gasteiger partial charge in [-0.25, -0.2) is 12.7 Å². The molecule has 1 heterocycles. The number of methoxy groups -OCH3 is 1. The highest BCUT2D eigenvalue weighted by Crippen LogP contribution is 2.23. The molecule has 0 saturated carbocycles. The van der Waals surface area contributed by atoms with Gasteiger partial charge < -0.3 is 14.8 Å². The zero-order valence-corrected chi connectivity index (χ0v) is 16.2. The van der Waals surface area contributed by atoms with Crippen molar-refractivity contribution in [1.82, 2.24) is 9.62 Å². The van der Waals surface area contributed by atoms with Crippen LogP contribution in [-0.4, -0.2) is 70.6 Å². The molecule has 0 bridgehead atoms. The van der Waals surface area contributed by atoms with E-state index >= 15 is 0 Å². The third kappa shape index (κ3) is 5.88. The van der Waals surface area contributed by atoms with Gasteiger partial charge in [0.1, 0.15) is 5.75 Å². The highest BCUT2D eigenvalue weighted by atomic mass is 32.2. The zero-order chi connectivity index (χ0) is 18.4. The minimum atomic E-state index is -3.33. The van der Waals surface area contributed by atoms with E-state index in [4.69, 9.17) is 9.47 Å². The van der Waals surface area contributed by atoms with Crippen LogP contribution in [0.4, 0.5) is 0 Å². The molecule has 0 spiro atoms. The molecule has 25 heavy (non-hydrogen) atoms. The minimum absolute atomic E-state index is 0.0338. The molecule has 1 amide bonds. The molecule has 7 nitrogen and oxygen atoms in total. The van der Waals surface area contributed by atoms with Gasteiger partial charge in [0.2, 0.25) is 15.9 Å². The van der Waals surface area contributed by atoms with Gasteiger partial charge in [-0.15, -0.1) is 11.8 Å². The van der Waals surface area contributed by atoms with E-state index < -0.39 is 10.0 Å². The summed E-state index contributed by atoms with van der Waals surface area (Å²) in [5.74, 6) is 0.572. The van der Waals surface area contributed by atoms with Crippen molar-refractivity contribution in [2.45, 2.75) is 10.9 Å². The number of hydrogen-bond donors (Lipinski definition) is 1. The summed E-state index contributed by atoms with van der Waals surface area (Å²) in [6, 6.07) is 7.20. The topological polar surface area (TPSA) is 84.9 Å². The first-order valence-electron chi connectivity index (χ1n) is 7.86. The third-order valence-corrected chi connectivity index (χ3v) is 6.89. The number of carbonyl (C=O) groups excluding carboxylic acids is 1. The summed E-state index contributed by atoms with van der Waals surface area (Å²) < 4.78 is 35.8. The Hall–Kier alpha value is -1.29. The molecule has 1 aliphatic rings. The van der Waals surface area contributed by atoms with Crippen molar-refractivity contribution in [2.24, 2.45) is 5.92 Å². The van der Waals surface area contributed by atoms with Gasteiger partial charge in [-0.1, -0.05) is 6.07 Å². The molecule has 1 saturated heterocycles. The standard InChI is InChI=1S/C16H24N2O5S2/c1-18(2)25(20,21)11-12-8-23-9-15(12)17-16(19)10-24-14-6-4-5-13(7-14)22-3/h4-7,12,15H,8-11H2,1-3H3,(H,17,19)/t12-,15-/m0/s1. The molecule has 1 N–H and O–H groups in total. The first-order chi connectivity index (χ1) is 11.8. The highest BCUT2D eigenvalue weighted by molar-refractivity contribution is 8.00. The summed E-state index contributed by atoms with van der Waals surface area (Å²) in [6.45, 7) is 0.671. The van der Waals surface area contributed by atoms with Crippen LogP contribution >= 0.6 is 11.8 Å². The number of nitrogens with zero attached hydrogens (tertiary/aromatic N) is 1. The molecule has 1 aromatic rings. The number of ether oxygens (including phenoxy) is 2. The number of carbonyl (C=O) groups is 1. The number of hydrogen-bond acceptors (Lipinski definition) is 6. The van der Waals surface area contributed by atoms with Crippen LogP contribution in [0.15, 0.2) is 29.2 Å². The summed E-state index contributed by atoms with van der Waals surface area (Å²) in [5.41, 5.74) is 0. The van der Waals surface area contributed by atoms with Crippen LogP contribution in [0.2, 0.25) is 0 Å². The van der Waals surface area contributed by atoms with Crippen LogP contribution in [0.25, 0.3) is 0 Å². The van der Waals surface area contributed by atoms with E-state index in [1.165, 1.54) is 30.2 Å². The number of thioether (sulfide) groups is 1. The van der Waals surface area contributed by atoms with Gasteiger partial charge in [0.25, 0.3) is 0 Å². The highest BCUT2D eigenvalue weighted by Gasteiger charge is 2.34. The second-order valence-electron chi connectivity index (χ2n) is 6.00. The quantitative estimate of drug-likeness (QED) is 0.664. The Kier molecular flexibility index (Phi) is 7.12. The maximum Gasteiger partial charge on any atom is 0.230 e. The molecule has 0 unspecified atom stereocenters. The lowest BCUT2D eigenvalue weighted by Crippen LogP contribution is -2.44. The Morgan fingerprint density at radius 3 is 2.84 bits per heavy atom. The van der Waals surface area contributed by atoms with Crippen LogP contribution in [0, 0.1) is 5.92 Å². The fourth-order valence-electron chi connectivity index (χ4n) is 2.43. The van der Waals surface area contributed by atoms with Gasteiger partial charge in [-0.05, 0) is 18.2 Å². The van der Waals surface area contributed by atoms with E-state index in [0.717, 1.165) is 10.6 Å². The molecule has 0 aromatic heterocycles. The van der Waals surface area contributed by atoms with Crippen molar-refractivity contribution in [3.05, 3.63) is 24.3 Å². The predicted octanol–water partition coefficient (Wildman–Crippen LogP) is 0.810. The van der Waals surface area contributed by atoms with E-state index in [1.54, 1.807) is 7.11 Å². The number of rotatable bonds is 8. The fourth-order valence-corrected chi connectivity index (χ4v) is 4.35. The maximum atomic E-state index is 12.2. The van der Waals surface area contributed by atoms with Crippen LogP contribution in [0.1, 0.15) is 0 Å². The average molecular weight is 389 g/mol. The van der Waals surface area contributed by atoms with Crippen molar-refractivity contribution >= 4 is 27.7 Å². The Labute approximate surface area is 153 Å². The first kappa shape index (κ1) is 20.0. The van der Waals surface area contributed by atoms with E-state index in [-0.39, 0.29) is 29.4 Å². The van der Waals surface area contributed by atoms with Crippen LogP contribution in [0.5, 0.6) is 5.75 Å². The summed E-state index contributed by atoms with van der Waals surface area (Å²) in [6.07, 6.45) is 0. The molecule has 9 heteroatoms. The molecule has 0 aliphatic carbocycles. The van der Waals surface area contributed by atoms with Gasteiger partial charge in [0.05, 0.1) is 37.9 Å². The number of amides is 1. The van der Waals surface area contributed by atoms with Gasteiger partial charge in [0.15, 0.2) is 0 Å².